The Balaban J connectivity index is 1.57. The number of rotatable bonds is 7. The van der Waals surface area contributed by atoms with Gasteiger partial charge in [-0.15, -0.1) is 0 Å². The maximum Gasteiger partial charge on any atom is 0.337 e. The Kier molecular flexibility index (Phi) is 6.00. The van der Waals surface area contributed by atoms with E-state index in [2.05, 4.69) is 9.97 Å². The number of esters is 1. The largest absolute Gasteiger partial charge is 0.467 e. The lowest BCUT2D eigenvalue weighted by atomic mass is 10.1. The van der Waals surface area contributed by atoms with Crippen molar-refractivity contribution in [3.8, 4) is 0 Å². The summed E-state index contributed by atoms with van der Waals surface area (Å²) < 4.78 is 11.7. The maximum atomic E-state index is 13.4. The number of ketones is 1. The molecule has 5 rings (SSSR count). The molecule has 1 N–H and O–H groups in total. The Morgan fingerprint density at radius 1 is 1.14 bits per heavy atom. The first-order chi connectivity index (χ1) is 17.0. The van der Waals surface area contributed by atoms with E-state index in [-0.39, 0.29) is 23.5 Å². The number of carbonyl (C=O) groups excluding carboxylic acids is 2. The van der Waals surface area contributed by atoms with Gasteiger partial charge in [-0.05, 0) is 43.3 Å². The number of carbonyl (C=O) groups is 2. The minimum atomic E-state index is -0.537. The Bertz CT molecular complexity index is 1620. The summed E-state index contributed by atoms with van der Waals surface area (Å²) in [6, 6.07) is 15.7. The van der Waals surface area contributed by atoms with Gasteiger partial charge in [-0.2, -0.15) is 0 Å². The summed E-state index contributed by atoms with van der Waals surface area (Å²) in [6.07, 6.45) is 3.24. The number of Topliss-reactive ketones (excluding diaryl/α,β-unsaturated/α-hetero) is 1. The molecule has 0 spiro atoms. The zero-order valence-corrected chi connectivity index (χ0v) is 19.8. The van der Waals surface area contributed by atoms with Gasteiger partial charge in [-0.1, -0.05) is 30.0 Å². The van der Waals surface area contributed by atoms with Crippen molar-refractivity contribution in [1.82, 2.24) is 14.5 Å². The van der Waals surface area contributed by atoms with Gasteiger partial charge in [0.15, 0.2) is 10.9 Å². The van der Waals surface area contributed by atoms with Crippen LogP contribution in [0.25, 0.3) is 21.8 Å². The number of H-pyrrole nitrogens is 1. The fourth-order valence-corrected chi connectivity index (χ4v) is 4.92. The van der Waals surface area contributed by atoms with Gasteiger partial charge < -0.3 is 14.1 Å². The van der Waals surface area contributed by atoms with E-state index < -0.39 is 11.2 Å². The third kappa shape index (κ3) is 4.26. The molecule has 3 heterocycles. The van der Waals surface area contributed by atoms with Gasteiger partial charge in [0.1, 0.15) is 5.76 Å². The fourth-order valence-electron chi connectivity index (χ4n) is 3.94. The average molecular weight is 488 g/mol. The SMILES string of the molecule is COC(=O)c1ccc2c(=O)n(Cc3ccco3)c(SC(C)C(=O)c3c[nH]c4ccccc34)nc2c1. The number of ether oxygens (including phenoxy) is 1. The normalized spacial score (nSPS) is 12.2. The van der Waals surface area contributed by atoms with Crippen LogP contribution in [0.2, 0.25) is 0 Å². The molecule has 0 aliphatic heterocycles. The van der Waals surface area contributed by atoms with Crippen LogP contribution in [0.3, 0.4) is 0 Å². The number of nitrogens with zero attached hydrogens (tertiary/aromatic N) is 2. The first-order valence-electron chi connectivity index (χ1n) is 10.9. The molecule has 0 amide bonds. The van der Waals surface area contributed by atoms with E-state index in [1.807, 2.05) is 24.3 Å². The summed E-state index contributed by atoms with van der Waals surface area (Å²) in [6.45, 7) is 1.94. The van der Waals surface area contributed by atoms with Gasteiger partial charge in [0, 0.05) is 22.7 Å². The van der Waals surface area contributed by atoms with E-state index >= 15 is 0 Å². The van der Waals surface area contributed by atoms with Crippen LogP contribution in [0.4, 0.5) is 0 Å². The molecule has 0 saturated carbocycles. The summed E-state index contributed by atoms with van der Waals surface area (Å²) in [5.41, 5.74) is 1.80. The quantitative estimate of drug-likeness (QED) is 0.154. The van der Waals surface area contributed by atoms with Crippen LogP contribution in [0.5, 0.6) is 0 Å². The van der Waals surface area contributed by atoms with E-state index in [0.717, 1.165) is 10.9 Å². The molecule has 1 atom stereocenters. The second-order valence-electron chi connectivity index (χ2n) is 7.96. The van der Waals surface area contributed by atoms with Gasteiger partial charge >= 0.3 is 5.97 Å². The molecular formula is C26H21N3O5S. The Labute approximate surface area is 203 Å². The maximum absolute atomic E-state index is 13.4. The molecule has 0 fully saturated rings. The number of thioether (sulfide) groups is 1. The van der Waals surface area contributed by atoms with Crippen molar-refractivity contribution in [3.63, 3.8) is 0 Å². The van der Waals surface area contributed by atoms with E-state index in [9.17, 15) is 14.4 Å². The number of hydrogen-bond acceptors (Lipinski definition) is 7. The standard InChI is InChI=1S/C26H21N3O5S/c1-15(23(30)20-13-27-21-8-4-3-7-18(20)21)35-26-28-22-12-16(25(32)33-2)9-10-19(22)24(31)29(26)14-17-6-5-11-34-17/h3-13,15,27H,14H2,1-2H3. The van der Waals surface area contributed by atoms with Crippen molar-refractivity contribution in [2.75, 3.05) is 7.11 Å². The number of methoxy groups -OCH3 is 1. The zero-order valence-electron chi connectivity index (χ0n) is 19.0. The van der Waals surface area contributed by atoms with Gasteiger partial charge in [0.25, 0.3) is 5.56 Å². The topological polar surface area (TPSA) is 107 Å². The molecule has 0 aliphatic rings. The van der Waals surface area contributed by atoms with Crippen molar-refractivity contribution in [3.05, 3.63) is 94.3 Å². The number of para-hydroxylation sites is 1. The average Bonchev–Trinajstić information content (AvgIpc) is 3.55. The van der Waals surface area contributed by atoms with Crippen LogP contribution in [0.15, 0.2) is 81.4 Å². The van der Waals surface area contributed by atoms with E-state index in [1.165, 1.54) is 41.8 Å². The van der Waals surface area contributed by atoms with Crippen molar-refractivity contribution >= 4 is 45.3 Å². The molecule has 2 aromatic carbocycles. The van der Waals surface area contributed by atoms with Crippen molar-refractivity contribution in [1.29, 1.82) is 0 Å². The molecule has 0 saturated heterocycles. The number of aromatic amines is 1. The lowest BCUT2D eigenvalue weighted by molar-refractivity contribution is 0.0600. The highest BCUT2D eigenvalue weighted by atomic mass is 32.2. The van der Waals surface area contributed by atoms with Crippen molar-refractivity contribution < 1.29 is 18.7 Å². The van der Waals surface area contributed by atoms with Crippen LogP contribution >= 0.6 is 11.8 Å². The second kappa shape index (κ2) is 9.27. The Morgan fingerprint density at radius 3 is 2.74 bits per heavy atom. The lowest BCUT2D eigenvalue weighted by Gasteiger charge is -2.15. The third-order valence-corrected chi connectivity index (χ3v) is 6.83. The van der Waals surface area contributed by atoms with E-state index in [4.69, 9.17) is 9.15 Å². The van der Waals surface area contributed by atoms with Gasteiger partial charge in [0.05, 0.1) is 41.6 Å². The summed E-state index contributed by atoms with van der Waals surface area (Å²) in [5, 5.41) is 1.00. The number of furan rings is 1. The summed E-state index contributed by atoms with van der Waals surface area (Å²) in [5.74, 6) is -0.0305. The highest BCUT2D eigenvalue weighted by Crippen LogP contribution is 2.28. The first kappa shape index (κ1) is 22.7. The molecule has 8 nitrogen and oxygen atoms in total. The molecule has 35 heavy (non-hydrogen) atoms. The van der Waals surface area contributed by atoms with Gasteiger partial charge in [-0.25, -0.2) is 9.78 Å². The van der Waals surface area contributed by atoms with Crippen LogP contribution in [-0.2, 0) is 11.3 Å². The van der Waals surface area contributed by atoms with Crippen LogP contribution in [0.1, 0.15) is 33.4 Å². The number of benzene rings is 2. The van der Waals surface area contributed by atoms with Crippen LogP contribution in [-0.4, -0.2) is 38.6 Å². The summed E-state index contributed by atoms with van der Waals surface area (Å²) in [4.78, 5) is 46.6. The van der Waals surface area contributed by atoms with Gasteiger partial charge in [-0.3, -0.25) is 14.2 Å². The number of hydrogen-bond donors (Lipinski definition) is 1. The molecule has 176 valence electrons. The molecule has 0 bridgehead atoms. The fraction of sp³-hybridized carbons (Fsp3) is 0.154. The van der Waals surface area contributed by atoms with E-state index in [1.54, 1.807) is 31.3 Å². The minimum absolute atomic E-state index is 0.0883. The molecule has 1 unspecified atom stereocenters. The number of nitrogens with one attached hydrogen (secondary N) is 1. The van der Waals surface area contributed by atoms with E-state index in [0.29, 0.717) is 27.4 Å². The van der Waals surface area contributed by atoms with Gasteiger partial charge in [0.2, 0.25) is 0 Å². The predicted molar refractivity (Wildman–Crippen MR) is 133 cm³/mol. The molecule has 5 aromatic rings. The predicted octanol–water partition coefficient (Wildman–Crippen LogP) is 4.67. The monoisotopic (exact) mass is 487 g/mol. The van der Waals surface area contributed by atoms with Crippen molar-refractivity contribution in [2.45, 2.75) is 23.9 Å². The van der Waals surface area contributed by atoms with Crippen LogP contribution in [0, 0.1) is 0 Å². The molecule has 0 aliphatic carbocycles. The number of aromatic nitrogens is 3. The third-order valence-electron chi connectivity index (χ3n) is 5.74. The molecule has 0 radical (unpaired) electrons. The summed E-state index contributed by atoms with van der Waals surface area (Å²) >= 11 is 1.19. The summed E-state index contributed by atoms with van der Waals surface area (Å²) in [7, 11) is 1.29. The van der Waals surface area contributed by atoms with Crippen molar-refractivity contribution in [2.24, 2.45) is 0 Å². The Morgan fingerprint density at radius 2 is 1.97 bits per heavy atom. The highest BCUT2D eigenvalue weighted by molar-refractivity contribution is 8.00. The number of fused-ring (bicyclic) bond motifs is 2. The Hall–Kier alpha value is -4.11. The lowest BCUT2D eigenvalue weighted by Crippen LogP contribution is -2.25. The smallest absolute Gasteiger partial charge is 0.337 e. The molecular weight excluding hydrogens is 466 g/mol. The minimum Gasteiger partial charge on any atom is -0.467 e. The zero-order chi connectivity index (χ0) is 24.5. The first-order valence-corrected chi connectivity index (χ1v) is 11.8. The molecule has 9 heteroatoms. The second-order valence-corrected chi connectivity index (χ2v) is 9.27. The molecule has 3 aromatic heterocycles. The van der Waals surface area contributed by atoms with Crippen LogP contribution < -0.4 is 5.56 Å². The highest BCUT2D eigenvalue weighted by Gasteiger charge is 2.23.